The first-order valence-corrected chi connectivity index (χ1v) is 8.28. The predicted octanol–water partition coefficient (Wildman–Crippen LogP) is 2.20. The fourth-order valence-electron chi connectivity index (χ4n) is 4.03. The molecule has 19 heavy (non-hydrogen) atoms. The van der Waals surface area contributed by atoms with Crippen molar-refractivity contribution < 1.29 is 5.11 Å². The van der Waals surface area contributed by atoms with Crippen LogP contribution in [0.5, 0.6) is 0 Å². The number of hydrogen-bond acceptors (Lipinski definition) is 3. The van der Waals surface area contributed by atoms with Crippen LogP contribution in [0.25, 0.3) is 0 Å². The molecule has 0 bridgehead atoms. The Bertz CT molecular complexity index is 267. The highest BCUT2D eigenvalue weighted by Gasteiger charge is 2.32. The lowest BCUT2D eigenvalue weighted by Crippen LogP contribution is -2.40. The van der Waals surface area contributed by atoms with E-state index < -0.39 is 0 Å². The van der Waals surface area contributed by atoms with Gasteiger partial charge >= 0.3 is 0 Å². The number of hydrogen-bond donors (Lipinski definition) is 1. The molecule has 2 fully saturated rings. The van der Waals surface area contributed by atoms with E-state index in [1.807, 2.05) is 0 Å². The first-order valence-electron chi connectivity index (χ1n) is 8.28. The van der Waals surface area contributed by atoms with Crippen LogP contribution in [0.2, 0.25) is 0 Å². The summed E-state index contributed by atoms with van der Waals surface area (Å²) >= 11 is 0. The summed E-state index contributed by atoms with van der Waals surface area (Å²) in [5.74, 6) is 1.31. The van der Waals surface area contributed by atoms with E-state index in [4.69, 9.17) is 0 Å². The van der Waals surface area contributed by atoms with Gasteiger partial charge in [-0.05, 0) is 57.2 Å². The summed E-state index contributed by atoms with van der Waals surface area (Å²) in [7, 11) is 0. The number of rotatable bonds is 5. The molecule has 0 aromatic carbocycles. The third-order valence-electron chi connectivity index (χ3n) is 5.27. The van der Waals surface area contributed by atoms with Gasteiger partial charge in [0.2, 0.25) is 0 Å². The van der Waals surface area contributed by atoms with Crippen LogP contribution in [0.4, 0.5) is 0 Å². The third kappa shape index (κ3) is 3.93. The highest BCUT2D eigenvalue weighted by Crippen LogP contribution is 2.30. The van der Waals surface area contributed by atoms with Crippen molar-refractivity contribution >= 4 is 0 Å². The molecule has 0 aromatic rings. The minimum atomic E-state index is -0.0521. The van der Waals surface area contributed by atoms with Gasteiger partial charge in [0.25, 0.3) is 0 Å². The largest absolute Gasteiger partial charge is 0.393 e. The molecule has 0 spiro atoms. The second-order valence-electron chi connectivity index (χ2n) is 6.67. The normalized spacial score (nSPS) is 37.1. The van der Waals surface area contributed by atoms with E-state index in [0.29, 0.717) is 5.92 Å². The van der Waals surface area contributed by atoms with Gasteiger partial charge in [-0.25, -0.2) is 0 Å². The number of aliphatic hydroxyl groups is 1. The summed E-state index contributed by atoms with van der Waals surface area (Å²) in [4.78, 5) is 5.18. The number of likely N-dealkylation sites (N-methyl/N-ethyl adjacent to an activating group) is 1. The van der Waals surface area contributed by atoms with Crippen molar-refractivity contribution in [2.24, 2.45) is 11.8 Å². The molecule has 0 radical (unpaired) electrons. The fraction of sp³-hybridized carbons (Fsp3) is 1.00. The van der Waals surface area contributed by atoms with Crippen LogP contribution in [0, 0.1) is 11.8 Å². The van der Waals surface area contributed by atoms with E-state index in [1.165, 1.54) is 32.4 Å². The maximum absolute atomic E-state index is 10.2. The summed E-state index contributed by atoms with van der Waals surface area (Å²) in [6.07, 6.45) is 4.69. The molecule has 1 aliphatic carbocycles. The van der Waals surface area contributed by atoms with Crippen molar-refractivity contribution in [1.29, 1.82) is 0 Å². The molecule has 2 rings (SSSR count). The van der Waals surface area contributed by atoms with Gasteiger partial charge in [-0.2, -0.15) is 0 Å². The zero-order valence-electron chi connectivity index (χ0n) is 13.0. The highest BCUT2D eigenvalue weighted by molar-refractivity contribution is 4.87. The van der Waals surface area contributed by atoms with Crippen molar-refractivity contribution in [3.05, 3.63) is 0 Å². The van der Waals surface area contributed by atoms with Gasteiger partial charge in [-0.1, -0.05) is 20.8 Å². The molecule has 1 aliphatic heterocycles. The second-order valence-corrected chi connectivity index (χ2v) is 6.67. The SMILES string of the molecule is CCN(CC)C1CCN(CC2CC(C)CCC2O)C1. The van der Waals surface area contributed by atoms with Crippen LogP contribution in [-0.4, -0.2) is 59.8 Å². The molecule has 1 heterocycles. The summed E-state index contributed by atoms with van der Waals surface area (Å²) in [5, 5.41) is 10.2. The molecule has 0 aromatic heterocycles. The van der Waals surface area contributed by atoms with Gasteiger partial charge in [0.05, 0.1) is 6.10 Å². The molecule has 1 saturated heterocycles. The molecule has 3 nitrogen and oxygen atoms in total. The first-order chi connectivity index (χ1) is 9.13. The van der Waals surface area contributed by atoms with Gasteiger partial charge in [0, 0.05) is 19.1 Å². The molecular formula is C16H32N2O. The first kappa shape index (κ1) is 15.3. The Morgan fingerprint density at radius 3 is 2.58 bits per heavy atom. The Morgan fingerprint density at radius 2 is 1.89 bits per heavy atom. The number of nitrogens with zero attached hydrogens (tertiary/aromatic N) is 2. The Hall–Kier alpha value is -0.120. The smallest absolute Gasteiger partial charge is 0.0580 e. The van der Waals surface area contributed by atoms with Crippen molar-refractivity contribution in [2.75, 3.05) is 32.7 Å². The third-order valence-corrected chi connectivity index (χ3v) is 5.27. The quantitative estimate of drug-likeness (QED) is 0.828. The fourth-order valence-corrected chi connectivity index (χ4v) is 4.03. The van der Waals surface area contributed by atoms with Gasteiger partial charge in [0.15, 0.2) is 0 Å². The Morgan fingerprint density at radius 1 is 1.16 bits per heavy atom. The molecule has 112 valence electrons. The summed E-state index contributed by atoms with van der Waals surface area (Å²) in [5.41, 5.74) is 0. The van der Waals surface area contributed by atoms with E-state index in [0.717, 1.165) is 38.0 Å². The van der Waals surface area contributed by atoms with E-state index >= 15 is 0 Å². The van der Waals surface area contributed by atoms with Crippen LogP contribution in [0.1, 0.15) is 46.5 Å². The standard InChI is InChI=1S/C16H32N2O/c1-4-18(5-2)15-8-9-17(12-15)11-14-10-13(3)6-7-16(14)19/h13-16,19H,4-12H2,1-3H3. The molecule has 0 amide bonds. The lowest BCUT2D eigenvalue weighted by Gasteiger charge is -2.34. The molecule has 4 atom stereocenters. The number of likely N-dealkylation sites (tertiary alicyclic amines) is 1. The maximum atomic E-state index is 10.2. The highest BCUT2D eigenvalue weighted by atomic mass is 16.3. The van der Waals surface area contributed by atoms with Crippen LogP contribution in [0.15, 0.2) is 0 Å². The summed E-state index contributed by atoms with van der Waals surface area (Å²) in [6, 6.07) is 0.744. The van der Waals surface area contributed by atoms with Gasteiger partial charge in [-0.15, -0.1) is 0 Å². The molecule has 2 aliphatic rings. The van der Waals surface area contributed by atoms with Crippen LogP contribution >= 0.6 is 0 Å². The van der Waals surface area contributed by atoms with Gasteiger partial charge in [0.1, 0.15) is 0 Å². The predicted molar refractivity (Wildman–Crippen MR) is 80.3 cm³/mol. The lowest BCUT2D eigenvalue weighted by atomic mass is 9.80. The average molecular weight is 268 g/mol. The maximum Gasteiger partial charge on any atom is 0.0580 e. The van der Waals surface area contributed by atoms with Crippen molar-refractivity contribution in [3.8, 4) is 0 Å². The van der Waals surface area contributed by atoms with Crippen molar-refractivity contribution in [1.82, 2.24) is 9.80 Å². The zero-order chi connectivity index (χ0) is 13.8. The lowest BCUT2D eigenvalue weighted by molar-refractivity contribution is 0.0333. The van der Waals surface area contributed by atoms with Gasteiger partial charge in [-0.3, -0.25) is 4.90 Å². The minimum absolute atomic E-state index is 0.0521. The van der Waals surface area contributed by atoms with Gasteiger partial charge < -0.3 is 10.0 Å². The average Bonchev–Trinajstić information content (AvgIpc) is 2.84. The monoisotopic (exact) mass is 268 g/mol. The second kappa shape index (κ2) is 7.05. The van der Waals surface area contributed by atoms with Crippen LogP contribution in [0.3, 0.4) is 0 Å². The molecule has 3 heteroatoms. The molecular weight excluding hydrogens is 236 g/mol. The van der Waals surface area contributed by atoms with E-state index in [2.05, 4.69) is 30.6 Å². The Labute approximate surface area is 119 Å². The minimum Gasteiger partial charge on any atom is -0.393 e. The van der Waals surface area contributed by atoms with E-state index in [-0.39, 0.29) is 6.10 Å². The molecule has 4 unspecified atom stereocenters. The van der Waals surface area contributed by atoms with E-state index in [1.54, 1.807) is 0 Å². The zero-order valence-corrected chi connectivity index (χ0v) is 13.0. The summed E-state index contributed by atoms with van der Waals surface area (Å²) in [6.45, 7) is 12.7. The molecule has 1 saturated carbocycles. The summed E-state index contributed by atoms with van der Waals surface area (Å²) < 4.78 is 0. The van der Waals surface area contributed by atoms with Crippen molar-refractivity contribution in [2.45, 2.75) is 58.6 Å². The van der Waals surface area contributed by atoms with E-state index in [9.17, 15) is 5.11 Å². The van der Waals surface area contributed by atoms with Crippen LogP contribution < -0.4 is 0 Å². The van der Waals surface area contributed by atoms with Crippen LogP contribution in [-0.2, 0) is 0 Å². The van der Waals surface area contributed by atoms with Crippen molar-refractivity contribution in [3.63, 3.8) is 0 Å². The number of aliphatic hydroxyl groups excluding tert-OH is 1. The topological polar surface area (TPSA) is 26.7 Å². The Kier molecular flexibility index (Phi) is 5.67. The molecule has 1 N–H and O–H groups in total. The Balaban J connectivity index is 1.81.